The van der Waals surface area contributed by atoms with Crippen LogP contribution >= 0.6 is 0 Å². The molecule has 6 heteroatoms. The van der Waals surface area contributed by atoms with E-state index in [2.05, 4.69) is 0 Å². The highest BCUT2D eigenvalue weighted by molar-refractivity contribution is 5.95. The van der Waals surface area contributed by atoms with Gasteiger partial charge in [0.25, 0.3) is 5.91 Å². The lowest BCUT2D eigenvalue weighted by Gasteiger charge is -2.35. The van der Waals surface area contributed by atoms with Crippen LogP contribution in [0.4, 0.5) is 9.18 Å². The summed E-state index contributed by atoms with van der Waals surface area (Å²) in [6.45, 7) is 8.74. The maximum Gasteiger partial charge on any atom is 0.410 e. The molecular weight excluding hydrogens is 323 g/mol. The monoisotopic (exact) mass is 348 g/mol. The van der Waals surface area contributed by atoms with Gasteiger partial charge in [0.15, 0.2) is 0 Å². The zero-order valence-electron chi connectivity index (χ0n) is 15.2. The lowest BCUT2D eigenvalue weighted by Crippen LogP contribution is -2.51. The number of nitrogens with zero attached hydrogens (tertiary/aromatic N) is 2. The largest absolute Gasteiger partial charge is 0.444 e. The Kier molecular flexibility index (Phi) is 5.82. The first-order chi connectivity index (χ1) is 11.7. The molecule has 1 aromatic rings. The summed E-state index contributed by atoms with van der Waals surface area (Å²) in [6.07, 6.45) is 3.26. The smallest absolute Gasteiger partial charge is 0.410 e. The molecule has 5 nitrogen and oxygen atoms in total. The normalized spacial score (nSPS) is 15.6. The molecule has 136 valence electrons. The van der Waals surface area contributed by atoms with E-state index in [0.717, 1.165) is 5.56 Å². The predicted molar refractivity (Wildman–Crippen MR) is 94.8 cm³/mol. The van der Waals surface area contributed by atoms with Crippen molar-refractivity contribution >= 4 is 18.1 Å². The molecule has 0 N–H and O–H groups in total. The zero-order chi connectivity index (χ0) is 18.6. The van der Waals surface area contributed by atoms with Crippen molar-refractivity contribution in [2.45, 2.75) is 33.3 Å². The minimum atomic E-state index is -0.555. The number of allylic oxidation sites excluding steroid dienone is 1. The number of piperazine rings is 1. The molecule has 1 heterocycles. The zero-order valence-corrected chi connectivity index (χ0v) is 15.2. The molecule has 0 spiro atoms. The first kappa shape index (κ1) is 19.0. The van der Waals surface area contributed by atoms with E-state index in [1.807, 2.05) is 39.8 Å². The Morgan fingerprint density at radius 2 is 1.72 bits per heavy atom. The molecule has 1 aromatic carbocycles. The number of carbonyl (C=O) groups is 2. The summed E-state index contributed by atoms with van der Waals surface area (Å²) in [7, 11) is 0. The third-order valence-corrected chi connectivity index (χ3v) is 3.80. The average molecular weight is 348 g/mol. The molecule has 1 saturated heterocycles. The van der Waals surface area contributed by atoms with E-state index in [0.29, 0.717) is 26.2 Å². The molecule has 25 heavy (non-hydrogen) atoms. The first-order valence-corrected chi connectivity index (χ1v) is 8.40. The summed E-state index contributed by atoms with van der Waals surface area (Å²) in [5.74, 6) is -0.888. The Balaban J connectivity index is 2.02. The van der Waals surface area contributed by atoms with Gasteiger partial charge >= 0.3 is 6.09 Å². The van der Waals surface area contributed by atoms with Gasteiger partial charge in [-0.15, -0.1) is 0 Å². The molecule has 0 aliphatic carbocycles. The molecule has 2 rings (SSSR count). The van der Waals surface area contributed by atoms with Gasteiger partial charge in [0.2, 0.25) is 0 Å². The quantitative estimate of drug-likeness (QED) is 0.821. The highest BCUT2D eigenvalue weighted by Crippen LogP contribution is 2.17. The molecule has 2 amide bonds. The number of amides is 2. The van der Waals surface area contributed by atoms with E-state index in [1.54, 1.807) is 21.9 Å². The molecule has 1 aliphatic heterocycles. The summed E-state index contributed by atoms with van der Waals surface area (Å²) in [5.41, 5.74) is 0.279. The summed E-state index contributed by atoms with van der Waals surface area (Å²) in [4.78, 5) is 27.8. The second-order valence-electron chi connectivity index (χ2n) is 7.00. The van der Waals surface area contributed by atoms with Crippen LogP contribution in [0.25, 0.3) is 6.08 Å². The summed E-state index contributed by atoms with van der Waals surface area (Å²) in [6, 6.07) is 4.49. The second-order valence-corrected chi connectivity index (χ2v) is 7.00. The van der Waals surface area contributed by atoms with Gasteiger partial charge < -0.3 is 14.5 Å². The van der Waals surface area contributed by atoms with E-state index in [-0.39, 0.29) is 17.6 Å². The van der Waals surface area contributed by atoms with Crippen molar-refractivity contribution in [1.82, 2.24) is 9.80 Å². The van der Waals surface area contributed by atoms with Crippen molar-refractivity contribution in [3.05, 3.63) is 41.2 Å². The predicted octanol–water partition coefficient (Wildman–Crippen LogP) is 3.55. The molecule has 0 saturated carbocycles. The fourth-order valence-electron chi connectivity index (χ4n) is 2.59. The highest BCUT2D eigenvalue weighted by atomic mass is 19.1. The van der Waals surface area contributed by atoms with Crippen LogP contribution in [-0.2, 0) is 4.74 Å². The minimum absolute atomic E-state index is 0.0568. The second kappa shape index (κ2) is 7.68. The Morgan fingerprint density at radius 3 is 2.28 bits per heavy atom. The number of rotatable bonds is 2. The number of halogens is 1. The van der Waals surface area contributed by atoms with Crippen molar-refractivity contribution in [3.63, 3.8) is 0 Å². The van der Waals surface area contributed by atoms with E-state index >= 15 is 0 Å². The molecule has 0 bridgehead atoms. The molecule has 0 unspecified atom stereocenters. The van der Waals surface area contributed by atoms with E-state index in [4.69, 9.17) is 4.74 Å². The molecular formula is C19H25FN2O3. The van der Waals surface area contributed by atoms with Gasteiger partial charge in [0.05, 0.1) is 5.56 Å². The summed E-state index contributed by atoms with van der Waals surface area (Å²) >= 11 is 0. The number of carbonyl (C=O) groups excluding carboxylic acids is 2. The third-order valence-electron chi connectivity index (χ3n) is 3.80. The van der Waals surface area contributed by atoms with Gasteiger partial charge in [-0.25, -0.2) is 9.18 Å². The SMILES string of the molecule is C/C=C/c1ccc(F)c(C(=O)N2CCN(C(=O)OC(C)(C)C)CC2)c1. The van der Waals surface area contributed by atoms with Crippen molar-refractivity contribution in [3.8, 4) is 0 Å². The highest BCUT2D eigenvalue weighted by Gasteiger charge is 2.28. The number of hydrogen-bond acceptors (Lipinski definition) is 3. The van der Waals surface area contributed by atoms with Crippen LogP contribution < -0.4 is 0 Å². The Morgan fingerprint density at radius 1 is 1.12 bits per heavy atom. The minimum Gasteiger partial charge on any atom is -0.444 e. The molecule has 0 radical (unpaired) electrons. The van der Waals surface area contributed by atoms with Crippen molar-refractivity contribution < 1.29 is 18.7 Å². The van der Waals surface area contributed by atoms with E-state index < -0.39 is 11.4 Å². The lowest BCUT2D eigenvalue weighted by atomic mass is 10.1. The van der Waals surface area contributed by atoms with Crippen LogP contribution in [-0.4, -0.2) is 53.6 Å². The van der Waals surface area contributed by atoms with Gasteiger partial charge in [-0.2, -0.15) is 0 Å². The van der Waals surface area contributed by atoms with Crippen LogP contribution in [0.1, 0.15) is 43.6 Å². The van der Waals surface area contributed by atoms with Crippen molar-refractivity contribution in [1.29, 1.82) is 0 Å². The van der Waals surface area contributed by atoms with Crippen molar-refractivity contribution in [2.24, 2.45) is 0 Å². The third kappa shape index (κ3) is 5.05. The van der Waals surface area contributed by atoms with Crippen LogP contribution in [0.2, 0.25) is 0 Å². The van der Waals surface area contributed by atoms with Gasteiger partial charge in [0.1, 0.15) is 11.4 Å². The van der Waals surface area contributed by atoms with Crippen molar-refractivity contribution in [2.75, 3.05) is 26.2 Å². The Labute approximate surface area is 148 Å². The van der Waals surface area contributed by atoms with Crippen LogP contribution in [0.5, 0.6) is 0 Å². The topological polar surface area (TPSA) is 49.9 Å². The van der Waals surface area contributed by atoms with Gasteiger partial charge in [-0.3, -0.25) is 4.79 Å². The summed E-state index contributed by atoms with van der Waals surface area (Å²) in [5, 5.41) is 0. The number of hydrogen-bond donors (Lipinski definition) is 0. The fourth-order valence-corrected chi connectivity index (χ4v) is 2.59. The van der Waals surface area contributed by atoms with Gasteiger partial charge in [-0.1, -0.05) is 18.2 Å². The molecule has 0 aromatic heterocycles. The van der Waals surface area contributed by atoms with Crippen LogP contribution in [0.15, 0.2) is 24.3 Å². The fraction of sp³-hybridized carbons (Fsp3) is 0.474. The average Bonchev–Trinajstić information content (AvgIpc) is 2.55. The van der Waals surface area contributed by atoms with Crippen LogP contribution in [0.3, 0.4) is 0 Å². The standard InChI is InChI=1S/C19H25FN2O3/c1-5-6-14-7-8-16(20)15(13-14)17(23)21-9-11-22(12-10-21)18(24)25-19(2,3)4/h5-8,13H,9-12H2,1-4H3/b6-5+. The molecule has 1 aliphatic rings. The summed E-state index contributed by atoms with van der Waals surface area (Å²) < 4.78 is 19.4. The van der Waals surface area contributed by atoms with Crippen LogP contribution in [0, 0.1) is 5.82 Å². The maximum absolute atomic E-state index is 14.0. The Hall–Kier alpha value is -2.37. The lowest BCUT2D eigenvalue weighted by molar-refractivity contribution is 0.0140. The van der Waals surface area contributed by atoms with E-state index in [1.165, 1.54) is 6.07 Å². The number of benzene rings is 1. The van der Waals surface area contributed by atoms with E-state index in [9.17, 15) is 14.0 Å². The number of ether oxygens (including phenoxy) is 1. The maximum atomic E-state index is 14.0. The van der Waals surface area contributed by atoms with Gasteiger partial charge in [-0.05, 0) is 45.4 Å². The molecule has 1 fully saturated rings. The first-order valence-electron chi connectivity index (χ1n) is 8.40. The Bertz CT molecular complexity index is 672. The van der Waals surface area contributed by atoms with Gasteiger partial charge in [0, 0.05) is 26.2 Å². The molecule has 0 atom stereocenters.